The van der Waals surface area contributed by atoms with Crippen LogP contribution in [0.25, 0.3) is 0 Å². The summed E-state index contributed by atoms with van der Waals surface area (Å²) in [6.07, 6.45) is 0.771. The fourth-order valence-corrected chi connectivity index (χ4v) is 3.08. The van der Waals surface area contributed by atoms with Gasteiger partial charge in [-0.1, -0.05) is 0 Å². The molecule has 158 valence electrons. The number of hydrogen-bond acceptors (Lipinski definition) is 7. The first-order valence-corrected chi connectivity index (χ1v) is 9.53. The molecule has 1 aromatic carbocycles. The summed E-state index contributed by atoms with van der Waals surface area (Å²) in [5.41, 5.74) is 5.60. The van der Waals surface area contributed by atoms with Crippen molar-refractivity contribution in [3.8, 4) is 11.6 Å². The van der Waals surface area contributed by atoms with E-state index in [2.05, 4.69) is 15.0 Å². The summed E-state index contributed by atoms with van der Waals surface area (Å²) >= 11 is 0.853. The number of rotatable bonds is 10. The summed E-state index contributed by atoms with van der Waals surface area (Å²) in [6.45, 7) is 1.12. The Balaban J connectivity index is 2.01. The maximum atomic E-state index is 14.0. The number of carbonyl (C=O) groups excluding carboxylic acids is 2. The van der Waals surface area contributed by atoms with Crippen molar-refractivity contribution in [3.63, 3.8) is 0 Å². The third kappa shape index (κ3) is 6.57. The summed E-state index contributed by atoms with van der Waals surface area (Å²) in [6, 6.07) is 3.83. The van der Waals surface area contributed by atoms with Crippen LogP contribution in [0.1, 0.15) is 22.3 Å². The number of carbonyl (C=O) groups is 2. The number of methoxy groups -OCH3 is 1. The van der Waals surface area contributed by atoms with Gasteiger partial charge in [-0.25, -0.2) is 9.18 Å². The Kier molecular flexibility index (Phi) is 8.16. The van der Waals surface area contributed by atoms with Gasteiger partial charge in [-0.3, -0.25) is 10.1 Å². The van der Waals surface area contributed by atoms with E-state index in [9.17, 15) is 14.0 Å². The van der Waals surface area contributed by atoms with Crippen LogP contribution in [0.15, 0.2) is 18.2 Å². The lowest BCUT2D eigenvalue weighted by molar-refractivity contribution is 0.0996. The maximum absolute atomic E-state index is 14.0. The third-order valence-electron chi connectivity index (χ3n) is 3.83. The SMILES string of the molecule is COc1ccc(COc2nsc(NC(=O)NCCCN(C)C)c2C(N)=O)c(F)c1. The molecule has 1 heterocycles. The van der Waals surface area contributed by atoms with Crippen LogP contribution in [0.2, 0.25) is 0 Å². The first-order chi connectivity index (χ1) is 13.8. The van der Waals surface area contributed by atoms with E-state index < -0.39 is 17.8 Å². The van der Waals surface area contributed by atoms with Crippen LogP contribution in [0.5, 0.6) is 11.6 Å². The van der Waals surface area contributed by atoms with Crippen LogP contribution in [0.4, 0.5) is 14.2 Å². The molecule has 0 saturated heterocycles. The van der Waals surface area contributed by atoms with Gasteiger partial charge in [0.15, 0.2) is 0 Å². The summed E-state index contributed by atoms with van der Waals surface area (Å²) < 4.78 is 28.5. The number of hydrogen-bond donors (Lipinski definition) is 3. The van der Waals surface area contributed by atoms with Gasteiger partial charge in [0, 0.05) is 18.2 Å². The summed E-state index contributed by atoms with van der Waals surface area (Å²) in [4.78, 5) is 25.8. The zero-order chi connectivity index (χ0) is 21.4. The van der Waals surface area contributed by atoms with Gasteiger partial charge in [0.25, 0.3) is 5.91 Å². The number of anilines is 1. The second-order valence-corrected chi connectivity index (χ2v) is 7.11. The highest BCUT2D eigenvalue weighted by Gasteiger charge is 2.22. The van der Waals surface area contributed by atoms with Gasteiger partial charge in [0.2, 0.25) is 5.88 Å². The van der Waals surface area contributed by atoms with Gasteiger partial charge >= 0.3 is 6.03 Å². The number of amides is 3. The quantitative estimate of drug-likeness (QED) is 0.501. The number of nitrogens with one attached hydrogen (secondary N) is 2. The molecule has 0 spiro atoms. The van der Waals surface area contributed by atoms with Crippen LogP contribution in [0.3, 0.4) is 0 Å². The van der Waals surface area contributed by atoms with Crippen LogP contribution in [0, 0.1) is 5.82 Å². The molecular weight excluding hydrogens is 401 g/mol. The predicted octanol–water partition coefficient (Wildman–Crippen LogP) is 2.04. The summed E-state index contributed by atoms with van der Waals surface area (Å²) in [7, 11) is 5.32. The third-order valence-corrected chi connectivity index (χ3v) is 4.57. The van der Waals surface area contributed by atoms with E-state index >= 15 is 0 Å². The van der Waals surface area contributed by atoms with Crippen molar-refractivity contribution in [1.82, 2.24) is 14.6 Å². The fraction of sp³-hybridized carbons (Fsp3) is 0.389. The molecule has 9 nitrogen and oxygen atoms in total. The van der Waals surface area contributed by atoms with E-state index in [4.69, 9.17) is 15.2 Å². The zero-order valence-corrected chi connectivity index (χ0v) is 17.3. The minimum Gasteiger partial charge on any atom is -0.497 e. The number of aromatic nitrogens is 1. The maximum Gasteiger partial charge on any atom is 0.319 e. The summed E-state index contributed by atoms with van der Waals surface area (Å²) in [5.74, 6) is -1.02. The number of halogens is 1. The van der Waals surface area contributed by atoms with Crippen molar-refractivity contribution in [1.29, 1.82) is 0 Å². The van der Waals surface area contributed by atoms with Gasteiger partial charge in [-0.15, -0.1) is 0 Å². The molecule has 0 atom stereocenters. The first-order valence-electron chi connectivity index (χ1n) is 8.76. The predicted molar refractivity (Wildman–Crippen MR) is 108 cm³/mol. The normalized spacial score (nSPS) is 10.7. The van der Waals surface area contributed by atoms with Gasteiger partial charge in [-0.05, 0) is 50.7 Å². The minimum atomic E-state index is -0.813. The molecule has 0 unspecified atom stereocenters. The molecule has 0 aliphatic heterocycles. The molecule has 11 heteroatoms. The Hall–Kier alpha value is -2.92. The van der Waals surface area contributed by atoms with Crippen LogP contribution < -0.4 is 25.8 Å². The Morgan fingerprint density at radius 1 is 1.34 bits per heavy atom. The Morgan fingerprint density at radius 2 is 2.10 bits per heavy atom. The zero-order valence-electron chi connectivity index (χ0n) is 16.5. The molecular formula is C18H24FN5O4S. The van der Waals surface area contributed by atoms with Crippen LogP contribution >= 0.6 is 11.5 Å². The molecule has 0 fully saturated rings. The van der Waals surface area contributed by atoms with Crippen molar-refractivity contribution < 1.29 is 23.5 Å². The van der Waals surface area contributed by atoms with Crippen LogP contribution in [-0.2, 0) is 6.61 Å². The highest BCUT2D eigenvalue weighted by Crippen LogP contribution is 2.31. The van der Waals surface area contributed by atoms with Crippen LogP contribution in [-0.4, -0.2) is 55.5 Å². The molecule has 1 aromatic heterocycles. The second kappa shape index (κ2) is 10.6. The van der Waals surface area contributed by atoms with Gasteiger partial charge in [0.1, 0.15) is 28.7 Å². The molecule has 0 saturated carbocycles. The first kappa shape index (κ1) is 22.4. The fourth-order valence-electron chi connectivity index (χ4n) is 2.34. The lowest BCUT2D eigenvalue weighted by atomic mass is 10.2. The van der Waals surface area contributed by atoms with E-state index in [0.717, 1.165) is 24.5 Å². The molecule has 0 aliphatic carbocycles. The minimum absolute atomic E-state index is 0.0626. The highest BCUT2D eigenvalue weighted by atomic mass is 32.1. The van der Waals surface area contributed by atoms with Crippen molar-refractivity contribution in [2.24, 2.45) is 5.73 Å². The number of primary amides is 1. The standard InChI is InChI=1S/C18H24FN5O4S/c1-24(2)8-4-7-21-18(26)22-17-14(15(20)25)16(23-29-17)28-10-11-5-6-12(27-3)9-13(11)19/h5-6,9H,4,7-8,10H2,1-3H3,(H2,20,25)(H2,21,22,26). The van der Waals surface area contributed by atoms with E-state index in [1.165, 1.54) is 19.2 Å². The van der Waals surface area contributed by atoms with E-state index in [-0.39, 0.29) is 28.6 Å². The van der Waals surface area contributed by atoms with Gasteiger partial charge in [-0.2, -0.15) is 4.37 Å². The molecule has 4 N–H and O–H groups in total. The molecule has 0 aliphatic rings. The average Bonchev–Trinajstić information content (AvgIpc) is 3.06. The molecule has 2 aromatic rings. The smallest absolute Gasteiger partial charge is 0.319 e. The lowest BCUT2D eigenvalue weighted by Gasteiger charge is -2.10. The number of nitrogens with two attached hydrogens (primary N) is 1. The Morgan fingerprint density at radius 3 is 2.72 bits per heavy atom. The number of nitrogens with zero attached hydrogens (tertiary/aromatic N) is 2. The number of benzene rings is 1. The average molecular weight is 425 g/mol. The molecule has 3 amide bonds. The van der Waals surface area contributed by atoms with E-state index in [1.807, 2.05) is 19.0 Å². The molecule has 29 heavy (non-hydrogen) atoms. The van der Waals surface area contributed by atoms with Crippen molar-refractivity contribution in [3.05, 3.63) is 35.1 Å². The highest BCUT2D eigenvalue weighted by molar-refractivity contribution is 7.11. The Labute approximate surface area is 172 Å². The van der Waals surface area contributed by atoms with Gasteiger partial charge < -0.3 is 25.4 Å². The Bertz CT molecular complexity index is 859. The molecule has 0 bridgehead atoms. The van der Waals surface area contributed by atoms with E-state index in [0.29, 0.717) is 12.3 Å². The molecule has 0 radical (unpaired) electrons. The topological polar surface area (TPSA) is 119 Å². The number of urea groups is 1. The second-order valence-electron chi connectivity index (χ2n) is 6.34. The number of ether oxygens (including phenoxy) is 2. The van der Waals surface area contributed by atoms with Crippen molar-refractivity contribution in [2.45, 2.75) is 13.0 Å². The largest absolute Gasteiger partial charge is 0.497 e. The lowest BCUT2D eigenvalue weighted by Crippen LogP contribution is -2.31. The molecule has 2 rings (SSSR count). The van der Waals surface area contributed by atoms with Crippen molar-refractivity contribution >= 4 is 28.5 Å². The summed E-state index contributed by atoms with van der Waals surface area (Å²) in [5, 5.41) is 5.39. The monoisotopic (exact) mass is 425 g/mol. The van der Waals surface area contributed by atoms with E-state index in [1.54, 1.807) is 6.07 Å². The van der Waals surface area contributed by atoms with Crippen molar-refractivity contribution in [2.75, 3.05) is 39.6 Å². The van der Waals surface area contributed by atoms with Gasteiger partial charge in [0.05, 0.1) is 7.11 Å².